The molecule has 2 rings (SSSR count). The molecule has 1 saturated carbocycles. The van der Waals surface area contributed by atoms with Crippen LogP contribution in [-0.2, 0) is 24.4 Å². The number of sulfonamides is 1. The molecule has 6 nitrogen and oxygen atoms in total. The molecule has 7 heteroatoms. The number of benzene rings is 1. The normalized spacial score (nSPS) is 22.0. The molecule has 0 spiro atoms. The molecule has 0 aliphatic heterocycles. The molecule has 0 radical (unpaired) electrons. The predicted octanol–water partition coefficient (Wildman–Crippen LogP) is 1.37. The summed E-state index contributed by atoms with van der Waals surface area (Å²) >= 11 is 0. The second kappa shape index (κ2) is 6.62. The molecule has 1 fully saturated rings. The minimum absolute atomic E-state index is 0.0623. The minimum Gasteiger partial charge on any atom is -0.298 e. The van der Waals surface area contributed by atoms with Gasteiger partial charge in [-0.15, -0.1) is 0 Å². The number of hydrogen-bond donors (Lipinski definition) is 1. The summed E-state index contributed by atoms with van der Waals surface area (Å²) in [4.78, 5) is 36.1. The highest BCUT2D eigenvalue weighted by molar-refractivity contribution is 7.90. The van der Waals surface area contributed by atoms with E-state index in [0.29, 0.717) is 6.42 Å². The van der Waals surface area contributed by atoms with Crippen LogP contribution in [0.15, 0.2) is 29.2 Å². The maximum absolute atomic E-state index is 12.2. The fraction of sp³-hybridized carbons (Fsp3) is 0.438. The average Bonchev–Trinajstić information content (AvgIpc) is 2.46. The zero-order chi connectivity index (χ0) is 17.2. The Bertz CT molecular complexity index is 718. The van der Waals surface area contributed by atoms with E-state index < -0.39 is 33.4 Å². The van der Waals surface area contributed by atoms with Crippen LogP contribution in [0.4, 0.5) is 0 Å². The summed E-state index contributed by atoms with van der Waals surface area (Å²) < 4.78 is 26.2. The summed E-state index contributed by atoms with van der Waals surface area (Å²) in [6.07, 6.45) is 0.934. The molecule has 0 saturated heterocycles. The first-order valence-corrected chi connectivity index (χ1v) is 8.91. The second-order valence-electron chi connectivity index (χ2n) is 5.83. The fourth-order valence-electron chi connectivity index (χ4n) is 2.61. The number of amides is 1. The number of ketones is 2. The number of carbonyl (C=O) groups excluding carboxylic acids is 3. The monoisotopic (exact) mass is 337 g/mol. The lowest BCUT2D eigenvalue weighted by atomic mass is 9.78. The van der Waals surface area contributed by atoms with Crippen molar-refractivity contribution in [1.29, 1.82) is 0 Å². The minimum atomic E-state index is -4.10. The van der Waals surface area contributed by atoms with E-state index in [4.69, 9.17) is 0 Å². The number of carbonyl (C=O) groups is 3. The van der Waals surface area contributed by atoms with Gasteiger partial charge in [-0.1, -0.05) is 31.0 Å². The molecule has 1 N–H and O–H groups in total. The van der Waals surface area contributed by atoms with Crippen molar-refractivity contribution >= 4 is 27.5 Å². The van der Waals surface area contributed by atoms with Gasteiger partial charge in [0, 0.05) is 12.8 Å². The first-order chi connectivity index (χ1) is 10.7. The van der Waals surface area contributed by atoms with Gasteiger partial charge in [-0.3, -0.25) is 14.4 Å². The van der Waals surface area contributed by atoms with Gasteiger partial charge in [-0.25, -0.2) is 13.1 Å². The Kier molecular flexibility index (Phi) is 4.99. The SMILES string of the molecule is CCC1CC(=O)C(C(=O)NS(=O)(=O)c2ccc(C)cc2)C(=O)C1. The van der Waals surface area contributed by atoms with Crippen LogP contribution in [0.1, 0.15) is 31.7 Å². The van der Waals surface area contributed by atoms with E-state index >= 15 is 0 Å². The topological polar surface area (TPSA) is 97.4 Å². The summed E-state index contributed by atoms with van der Waals surface area (Å²) in [6.45, 7) is 3.67. The number of aryl methyl sites for hydroxylation is 1. The van der Waals surface area contributed by atoms with Crippen molar-refractivity contribution in [3.63, 3.8) is 0 Å². The van der Waals surface area contributed by atoms with Gasteiger partial charge < -0.3 is 0 Å². The Morgan fingerprint density at radius 3 is 2.13 bits per heavy atom. The molecule has 0 aromatic heterocycles. The van der Waals surface area contributed by atoms with E-state index in [0.717, 1.165) is 5.56 Å². The van der Waals surface area contributed by atoms with Gasteiger partial charge in [-0.2, -0.15) is 0 Å². The van der Waals surface area contributed by atoms with Crippen molar-refractivity contribution in [2.75, 3.05) is 0 Å². The Morgan fingerprint density at radius 1 is 1.13 bits per heavy atom. The van der Waals surface area contributed by atoms with Crippen molar-refractivity contribution < 1.29 is 22.8 Å². The van der Waals surface area contributed by atoms with Crippen molar-refractivity contribution in [1.82, 2.24) is 4.72 Å². The van der Waals surface area contributed by atoms with Gasteiger partial charge in [0.1, 0.15) is 0 Å². The molecule has 1 aromatic rings. The van der Waals surface area contributed by atoms with E-state index in [2.05, 4.69) is 0 Å². The first-order valence-electron chi connectivity index (χ1n) is 7.43. The van der Waals surface area contributed by atoms with Crippen LogP contribution in [-0.4, -0.2) is 25.9 Å². The molecule has 1 aliphatic carbocycles. The number of hydrogen-bond acceptors (Lipinski definition) is 5. The fourth-order valence-corrected chi connectivity index (χ4v) is 3.60. The third-order valence-electron chi connectivity index (χ3n) is 4.03. The smallest absolute Gasteiger partial charge is 0.264 e. The Balaban J connectivity index is 2.16. The standard InChI is InChI=1S/C16H19NO5S/c1-3-11-8-13(18)15(14(19)9-11)16(20)17-23(21,22)12-6-4-10(2)5-7-12/h4-7,11,15H,3,8-9H2,1-2H3,(H,17,20). The summed E-state index contributed by atoms with van der Waals surface area (Å²) in [6, 6.07) is 5.93. The highest BCUT2D eigenvalue weighted by atomic mass is 32.2. The molecular weight excluding hydrogens is 318 g/mol. The maximum atomic E-state index is 12.2. The highest BCUT2D eigenvalue weighted by Crippen LogP contribution is 2.26. The Hall–Kier alpha value is -2.02. The zero-order valence-electron chi connectivity index (χ0n) is 13.0. The van der Waals surface area contributed by atoms with Gasteiger partial charge in [0.15, 0.2) is 17.5 Å². The summed E-state index contributed by atoms with van der Waals surface area (Å²) in [5, 5.41) is 0. The van der Waals surface area contributed by atoms with E-state index in [-0.39, 0.29) is 23.7 Å². The quantitative estimate of drug-likeness (QED) is 0.837. The predicted molar refractivity (Wildman–Crippen MR) is 83.0 cm³/mol. The van der Waals surface area contributed by atoms with Gasteiger partial charge in [0.2, 0.25) is 0 Å². The van der Waals surface area contributed by atoms with E-state index in [1.165, 1.54) is 12.1 Å². The molecule has 1 aliphatic rings. The van der Waals surface area contributed by atoms with E-state index in [9.17, 15) is 22.8 Å². The van der Waals surface area contributed by atoms with Crippen molar-refractivity contribution in [3.8, 4) is 0 Å². The molecule has 0 unspecified atom stereocenters. The summed E-state index contributed by atoms with van der Waals surface area (Å²) in [7, 11) is -4.10. The van der Waals surface area contributed by atoms with Gasteiger partial charge in [-0.05, 0) is 25.0 Å². The van der Waals surface area contributed by atoms with Gasteiger partial charge >= 0.3 is 0 Å². The molecule has 124 valence electrons. The maximum Gasteiger partial charge on any atom is 0.264 e. The third kappa shape index (κ3) is 3.85. The third-order valence-corrected chi connectivity index (χ3v) is 5.39. The molecule has 1 aromatic carbocycles. The van der Waals surface area contributed by atoms with Crippen LogP contribution < -0.4 is 4.72 Å². The second-order valence-corrected chi connectivity index (χ2v) is 7.51. The molecule has 23 heavy (non-hydrogen) atoms. The van der Waals surface area contributed by atoms with Crippen LogP contribution in [0, 0.1) is 18.8 Å². The number of nitrogens with one attached hydrogen (secondary N) is 1. The van der Waals surface area contributed by atoms with Crippen LogP contribution in [0.3, 0.4) is 0 Å². The summed E-state index contributed by atoms with van der Waals surface area (Å²) in [5.74, 6) is -3.66. The van der Waals surface area contributed by atoms with Crippen LogP contribution in [0.25, 0.3) is 0 Å². The highest BCUT2D eigenvalue weighted by Gasteiger charge is 2.40. The average molecular weight is 337 g/mol. The summed E-state index contributed by atoms with van der Waals surface area (Å²) in [5.41, 5.74) is 0.874. The lowest BCUT2D eigenvalue weighted by Crippen LogP contribution is -2.46. The molecule has 0 atom stereocenters. The number of Topliss-reactive ketones (excluding diaryl/α,β-unsaturated/α-hetero) is 2. The molecule has 0 bridgehead atoms. The van der Waals surface area contributed by atoms with Crippen LogP contribution in [0.2, 0.25) is 0 Å². The largest absolute Gasteiger partial charge is 0.298 e. The first kappa shape index (κ1) is 17.3. The van der Waals surface area contributed by atoms with Crippen LogP contribution >= 0.6 is 0 Å². The van der Waals surface area contributed by atoms with Crippen LogP contribution in [0.5, 0.6) is 0 Å². The van der Waals surface area contributed by atoms with Crippen molar-refractivity contribution in [2.45, 2.75) is 38.0 Å². The van der Waals surface area contributed by atoms with E-state index in [1.54, 1.807) is 19.1 Å². The Morgan fingerprint density at radius 2 is 1.65 bits per heavy atom. The lowest BCUT2D eigenvalue weighted by molar-refractivity contribution is -0.143. The van der Waals surface area contributed by atoms with Gasteiger partial charge in [0.05, 0.1) is 4.90 Å². The zero-order valence-corrected chi connectivity index (χ0v) is 13.9. The van der Waals surface area contributed by atoms with Crippen molar-refractivity contribution in [3.05, 3.63) is 29.8 Å². The molecule has 0 heterocycles. The Labute approximate surface area is 135 Å². The lowest BCUT2D eigenvalue weighted by Gasteiger charge is -2.24. The molecular formula is C16H19NO5S. The number of rotatable bonds is 4. The van der Waals surface area contributed by atoms with Gasteiger partial charge in [0.25, 0.3) is 15.9 Å². The molecule has 1 amide bonds. The van der Waals surface area contributed by atoms with E-state index in [1.807, 2.05) is 11.6 Å². The van der Waals surface area contributed by atoms with Crippen molar-refractivity contribution in [2.24, 2.45) is 11.8 Å².